The van der Waals surface area contributed by atoms with Crippen molar-refractivity contribution in [2.75, 3.05) is 6.54 Å². The third-order valence-corrected chi connectivity index (χ3v) is 6.94. The van der Waals surface area contributed by atoms with Crippen LogP contribution in [0.5, 0.6) is 0 Å². The van der Waals surface area contributed by atoms with E-state index in [1.807, 2.05) is 22.9 Å². The Bertz CT molecular complexity index is 1400. The Hall–Kier alpha value is -3.24. The Morgan fingerprint density at radius 3 is 2.87 bits per heavy atom. The second-order valence-electron chi connectivity index (χ2n) is 7.49. The normalized spacial score (nSPS) is 14.1. The molecule has 10 heteroatoms. The van der Waals surface area contributed by atoms with Crippen LogP contribution in [0.3, 0.4) is 0 Å². The number of pyridine rings is 1. The van der Waals surface area contributed by atoms with E-state index in [2.05, 4.69) is 14.7 Å². The quantitative estimate of drug-likeness (QED) is 0.475. The van der Waals surface area contributed by atoms with Gasteiger partial charge in [0, 0.05) is 24.0 Å². The molecule has 0 fully saturated rings. The lowest BCUT2D eigenvalue weighted by atomic mass is 9.95. The van der Waals surface area contributed by atoms with Gasteiger partial charge in [0.25, 0.3) is 0 Å². The Labute approximate surface area is 178 Å². The zero-order valence-electron chi connectivity index (χ0n) is 16.7. The van der Waals surface area contributed by atoms with Gasteiger partial charge in [0.1, 0.15) is 5.69 Å². The molecule has 0 aliphatic heterocycles. The van der Waals surface area contributed by atoms with Crippen molar-refractivity contribution in [1.82, 2.24) is 24.5 Å². The molecule has 0 unspecified atom stereocenters. The summed E-state index contributed by atoms with van der Waals surface area (Å²) in [4.78, 5) is 18.3. The first kappa shape index (κ1) is 19.7. The van der Waals surface area contributed by atoms with E-state index in [4.69, 9.17) is 9.52 Å². The molecule has 3 aromatic heterocycles. The van der Waals surface area contributed by atoms with E-state index >= 15 is 0 Å². The van der Waals surface area contributed by atoms with Gasteiger partial charge in [-0.3, -0.25) is 14.6 Å². The van der Waals surface area contributed by atoms with Gasteiger partial charge in [0.05, 0.1) is 22.7 Å². The van der Waals surface area contributed by atoms with E-state index in [1.54, 1.807) is 6.20 Å². The topological polar surface area (TPSA) is 123 Å². The summed E-state index contributed by atoms with van der Waals surface area (Å²) in [5, 5.41) is 4.77. The van der Waals surface area contributed by atoms with Gasteiger partial charge in [-0.05, 0) is 56.0 Å². The predicted octanol–water partition coefficient (Wildman–Crippen LogP) is 2.24. The number of aromatic amines is 1. The molecule has 1 aliphatic carbocycles. The molecule has 3 heterocycles. The minimum absolute atomic E-state index is 0.0636. The fraction of sp³-hybridized carbons (Fsp3) is 0.286. The van der Waals surface area contributed by atoms with E-state index in [0.29, 0.717) is 17.6 Å². The Balaban J connectivity index is 1.36. The summed E-state index contributed by atoms with van der Waals surface area (Å²) in [6.45, 7) is 0.608. The summed E-state index contributed by atoms with van der Waals surface area (Å²) >= 11 is 0. The molecule has 0 spiro atoms. The second kappa shape index (κ2) is 7.78. The average Bonchev–Trinajstić information content (AvgIpc) is 3.33. The fourth-order valence-electron chi connectivity index (χ4n) is 4.03. The lowest BCUT2D eigenvalue weighted by Crippen LogP contribution is -2.28. The van der Waals surface area contributed by atoms with Gasteiger partial charge in [-0.15, -0.1) is 0 Å². The van der Waals surface area contributed by atoms with Crippen molar-refractivity contribution < 1.29 is 12.8 Å². The zero-order chi connectivity index (χ0) is 21.4. The molecule has 5 rings (SSSR count). The minimum Gasteiger partial charge on any atom is -0.408 e. The molecule has 31 heavy (non-hydrogen) atoms. The molecule has 0 saturated carbocycles. The van der Waals surface area contributed by atoms with Gasteiger partial charge in [0.2, 0.25) is 10.0 Å². The van der Waals surface area contributed by atoms with Crippen LogP contribution < -0.4 is 10.5 Å². The number of aromatic nitrogens is 4. The summed E-state index contributed by atoms with van der Waals surface area (Å²) in [7, 11) is -3.75. The molecule has 0 radical (unpaired) electrons. The predicted molar refractivity (Wildman–Crippen MR) is 114 cm³/mol. The molecule has 9 nitrogen and oxygen atoms in total. The molecule has 0 atom stereocenters. The maximum Gasteiger partial charge on any atom is 0.417 e. The van der Waals surface area contributed by atoms with Crippen molar-refractivity contribution in [2.24, 2.45) is 0 Å². The first-order valence-corrected chi connectivity index (χ1v) is 11.6. The van der Waals surface area contributed by atoms with Gasteiger partial charge in [0.15, 0.2) is 5.58 Å². The number of fused-ring (bicyclic) bond motifs is 2. The van der Waals surface area contributed by atoms with Crippen molar-refractivity contribution in [1.29, 1.82) is 0 Å². The molecular formula is C21H21N5O4S. The standard InChI is InChI=1S/C21H21N5O4S/c27-21-24-17-13-14(8-9-19(17)30-21)31(28,29)23-11-12-26-18-7-2-1-5-15(18)20(25-26)16-6-3-4-10-22-16/h3-4,6,8-10,13,23H,1-2,5,7,11-12H2,(H,24,27). The highest BCUT2D eigenvalue weighted by Crippen LogP contribution is 2.30. The van der Waals surface area contributed by atoms with Crippen LogP contribution >= 0.6 is 0 Å². The van der Waals surface area contributed by atoms with Gasteiger partial charge in [-0.1, -0.05) is 6.07 Å². The maximum atomic E-state index is 12.7. The fourth-order valence-corrected chi connectivity index (χ4v) is 5.08. The highest BCUT2D eigenvalue weighted by molar-refractivity contribution is 7.89. The minimum atomic E-state index is -3.75. The van der Waals surface area contributed by atoms with Gasteiger partial charge >= 0.3 is 5.76 Å². The first-order valence-electron chi connectivity index (χ1n) is 10.1. The Morgan fingerprint density at radius 1 is 1.16 bits per heavy atom. The van der Waals surface area contributed by atoms with Gasteiger partial charge < -0.3 is 4.42 Å². The van der Waals surface area contributed by atoms with Crippen molar-refractivity contribution in [3.05, 3.63) is 64.4 Å². The molecule has 1 aliphatic rings. The molecule has 0 bridgehead atoms. The summed E-state index contributed by atoms with van der Waals surface area (Å²) in [5.41, 5.74) is 4.74. The van der Waals surface area contributed by atoms with E-state index in [1.165, 1.54) is 23.8 Å². The summed E-state index contributed by atoms with van der Waals surface area (Å²) in [6.07, 6.45) is 5.84. The van der Waals surface area contributed by atoms with Crippen LogP contribution in [0.4, 0.5) is 0 Å². The Kier molecular flexibility index (Phi) is 4.95. The molecule has 0 saturated heterocycles. The van der Waals surface area contributed by atoms with Crippen molar-refractivity contribution in [3.8, 4) is 11.4 Å². The van der Waals surface area contributed by atoms with E-state index in [-0.39, 0.29) is 11.4 Å². The largest absolute Gasteiger partial charge is 0.417 e. The van der Waals surface area contributed by atoms with Gasteiger partial charge in [-0.2, -0.15) is 5.10 Å². The molecule has 0 amide bonds. The monoisotopic (exact) mass is 439 g/mol. The lowest BCUT2D eigenvalue weighted by Gasteiger charge is -2.14. The third kappa shape index (κ3) is 3.79. The van der Waals surface area contributed by atoms with E-state index in [9.17, 15) is 13.2 Å². The molecule has 1 aromatic carbocycles. The third-order valence-electron chi connectivity index (χ3n) is 5.48. The number of sulfonamides is 1. The van der Waals surface area contributed by atoms with Crippen LogP contribution in [0.15, 0.2) is 56.7 Å². The average molecular weight is 439 g/mol. The SMILES string of the molecule is O=c1[nH]c2cc(S(=O)(=O)NCCn3nc(-c4ccccn4)c4c3CCCC4)ccc2o1. The van der Waals surface area contributed by atoms with Crippen LogP contribution in [-0.4, -0.2) is 34.7 Å². The van der Waals surface area contributed by atoms with Crippen LogP contribution in [0.2, 0.25) is 0 Å². The van der Waals surface area contributed by atoms with Crippen LogP contribution in [0, 0.1) is 0 Å². The first-order chi connectivity index (χ1) is 15.0. The van der Waals surface area contributed by atoms with E-state index < -0.39 is 15.8 Å². The molecular weight excluding hydrogens is 418 g/mol. The number of hydrogen-bond acceptors (Lipinski definition) is 6. The Morgan fingerprint density at radius 2 is 2.03 bits per heavy atom. The number of oxazole rings is 1. The van der Waals surface area contributed by atoms with Crippen molar-refractivity contribution in [3.63, 3.8) is 0 Å². The maximum absolute atomic E-state index is 12.7. The smallest absolute Gasteiger partial charge is 0.408 e. The highest BCUT2D eigenvalue weighted by atomic mass is 32.2. The number of H-pyrrole nitrogens is 1. The summed E-state index contributed by atoms with van der Waals surface area (Å²) in [6, 6.07) is 10.0. The zero-order valence-corrected chi connectivity index (χ0v) is 17.5. The molecule has 160 valence electrons. The summed E-state index contributed by atoms with van der Waals surface area (Å²) < 4.78 is 34.9. The van der Waals surface area contributed by atoms with Gasteiger partial charge in [-0.25, -0.2) is 17.9 Å². The van der Waals surface area contributed by atoms with Crippen molar-refractivity contribution in [2.45, 2.75) is 37.1 Å². The van der Waals surface area contributed by atoms with Crippen LogP contribution in [0.1, 0.15) is 24.1 Å². The number of benzene rings is 1. The summed E-state index contributed by atoms with van der Waals surface area (Å²) in [5.74, 6) is -0.621. The molecule has 4 aromatic rings. The van der Waals surface area contributed by atoms with Crippen LogP contribution in [-0.2, 0) is 29.4 Å². The molecule has 2 N–H and O–H groups in total. The van der Waals surface area contributed by atoms with Crippen LogP contribution in [0.25, 0.3) is 22.5 Å². The van der Waals surface area contributed by atoms with Crippen molar-refractivity contribution >= 4 is 21.1 Å². The number of hydrogen-bond donors (Lipinski definition) is 2. The number of nitrogens with one attached hydrogen (secondary N) is 2. The lowest BCUT2D eigenvalue weighted by molar-refractivity contribution is 0.538. The van der Waals surface area contributed by atoms with E-state index in [0.717, 1.165) is 42.8 Å². The number of nitrogens with zero attached hydrogens (tertiary/aromatic N) is 3. The highest BCUT2D eigenvalue weighted by Gasteiger charge is 2.23. The second-order valence-corrected chi connectivity index (χ2v) is 9.26. The number of rotatable bonds is 6.